The fraction of sp³-hybridized carbons (Fsp3) is 0.474. The molecular formula is C19H29N3O3. The molecule has 0 aliphatic heterocycles. The number of methoxy groups -OCH3 is 1. The summed E-state index contributed by atoms with van der Waals surface area (Å²) >= 11 is 0. The summed E-state index contributed by atoms with van der Waals surface area (Å²) in [4.78, 5) is 26.1. The molecule has 0 spiro atoms. The summed E-state index contributed by atoms with van der Waals surface area (Å²) in [7, 11) is 1.60. The third kappa shape index (κ3) is 7.85. The van der Waals surface area contributed by atoms with Crippen molar-refractivity contribution in [1.29, 1.82) is 0 Å². The van der Waals surface area contributed by atoms with Gasteiger partial charge in [0.15, 0.2) is 0 Å². The standard InChI is InChI=1S/C19H29N3O3/c1-5-22(6-2)14-13-20-19(24)15(3)21-18(23)12-9-16-7-10-17(25-4)11-8-16/h7-12,15H,5-6,13-14H2,1-4H3,(H,20,24)(H,21,23)/b12-9+. The van der Waals surface area contributed by atoms with Crippen molar-refractivity contribution in [2.24, 2.45) is 0 Å². The van der Waals surface area contributed by atoms with E-state index in [-0.39, 0.29) is 11.8 Å². The molecule has 0 saturated heterocycles. The number of amides is 2. The van der Waals surface area contributed by atoms with E-state index in [1.807, 2.05) is 24.3 Å². The highest BCUT2D eigenvalue weighted by molar-refractivity contribution is 5.95. The second kappa shape index (κ2) is 11.3. The van der Waals surface area contributed by atoms with Gasteiger partial charge >= 0.3 is 0 Å². The zero-order valence-electron chi connectivity index (χ0n) is 15.5. The quantitative estimate of drug-likeness (QED) is 0.632. The maximum Gasteiger partial charge on any atom is 0.244 e. The first-order valence-corrected chi connectivity index (χ1v) is 8.62. The van der Waals surface area contributed by atoms with Gasteiger partial charge in [0.2, 0.25) is 11.8 Å². The minimum absolute atomic E-state index is 0.182. The summed E-state index contributed by atoms with van der Waals surface area (Å²) in [6.07, 6.45) is 3.11. The second-order valence-electron chi connectivity index (χ2n) is 5.65. The number of nitrogens with zero attached hydrogens (tertiary/aromatic N) is 1. The number of nitrogens with one attached hydrogen (secondary N) is 2. The predicted octanol–water partition coefficient (Wildman–Crippen LogP) is 1.67. The molecule has 1 unspecified atom stereocenters. The Balaban J connectivity index is 2.39. The van der Waals surface area contributed by atoms with Gasteiger partial charge in [0, 0.05) is 19.2 Å². The molecule has 0 saturated carbocycles. The topological polar surface area (TPSA) is 70.7 Å². The van der Waals surface area contributed by atoms with Crippen LogP contribution < -0.4 is 15.4 Å². The van der Waals surface area contributed by atoms with Crippen molar-refractivity contribution in [3.8, 4) is 5.75 Å². The number of ether oxygens (including phenoxy) is 1. The molecule has 0 bridgehead atoms. The largest absolute Gasteiger partial charge is 0.497 e. The first kappa shape index (κ1) is 20.7. The first-order valence-electron chi connectivity index (χ1n) is 8.62. The molecule has 6 nitrogen and oxygen atoms in total. The third-order valence-electron chi connectivity index (χ3n) is 3.92. The molecule has 25 heavy (non-hydrogen) atoms. The first-order chi connectivity index (χ1) is 12.0. The number of hydrogen-bond acceptors (Lipinski definition) is 4. The van der Waals surface area contributed by atoms with Crippen LogP contribution in [0, 0.1) is 0 Å². The lowest BCUT2D eigenvalue weighted by Gasteiger charge is -2.19. The maximum atomic E-state index is 12.0. The number of rotatable bonds is 10. The van der Waals surface area contributed by atoms with Crippen LogP contribution in [0.15, 0.2) is 30.3 Å². The zero-order valence-corrected chi connectivity index (χ0v) is 15.5. The number of benzene rings is 1. The Morgan fingerprint density at radius 2 is 1.84 bits per heavy atom. The number of likely N-dealkylation sites (N-methyl/N-ethyl adjacent to an activating group) is 1. The number of carbonyl (C=O) groups excluding carboxylic acids is 2. The molecule has 1 atom stereocenters. The highest BCUT2D eigenvalue weighted by Crippen LogP contribution is 2.12. The van der Waals surface area contributed by atoms with Crippen LogP contribution in [0.5, 0.6) is 5.75 Å². The van der Waals surface area contributed by atoms with E-state index < -0.39 is 6.04 Å². The molecule has 1 aromatic carbocycles. The van der Waals surface area contributed by atoms with Crippen LogP contribution >= 0.6 is 0 Å². The van der Waals surface area contributed by atoms with Gasteiger partial charge in [0.1, 0.15) is 11.8 Å². The van der Waals surface area contributed by atoms with Crippen molar-refractivity contribution in [3.63, 3.8) is 0 Å². The van der Waals surface area contributed by atoms with Gasteiger partial charge in [-0.15, -0.1) is 0 Å². The fourth-order valence-corrected chi connectivity index (χ4v) is 2.24. The monoisotopic (exact) mass is 347 g/mol. The van der Waals surface area contributed by atoms with Crippen molar-refractivity contribution in [1.82, 2.24) is 15.5 Å². The summed E-state index contributed by atoms with van der Waals surface area (Å²) in [5.41, 5.74) is 0.882. The van der Waals surface area contributed by atoms with Gasteiger partial charge in [0.25, 0.3) is 0 Å². The van der Waals surface area contributed by atoms with E-state index in [1.165, 1.54) is 6.08 Å². The zero-order chi connectivity index (χ0) is 18.7. The highest BCUT2D eigenvalue weighted by Gasteiger charge is 2.13. The molecule has 0 aliphatic rings. The van der Waals surface area contributed by atoms with Crippen molar-refractivity contribution in [3.05, 3.63) is 35.9 Å². The summed E-state index contributed by atoms with van der Waals surface area (Å²) in [5.74, 6) is 0.275. The number of hydrogen-bond donors (Lipinski definition) is 2. The Morgan fingerprint density at radius 3 is 2.40 bits per heavy atom. The van der Waals surface area contributed by atoms with Gasteiger partial charge in [-0.2, -0.15) is 0 Å². The van der Waals surface area contributed by atoms with Gasteiger partial charge in [-0.3, -0.25) is 9.59 Å². The minimum Gasteiger partial charge on any atom is -0.497 e. The van der Waals surface area contributed by atoms with E-state index in [4.69, 9.17) is 4.74 Å². The lowest BCUT2D eigenvalue weighted by atomic mass is 10.2. The predicted molar refractivity (Wildman–Crippen MR) is 100 cm³/mol. The summed E-state index contributed by atoms with van der Waals surface area (Å²) < 4.78 is 5.08. The smallest absolute Gasteiger partial charge is 0.244 e. The highest BCUT2D eigenvalue weighted by atomic mass is 16.5. The Labute approximate surface area is 150 Å². The van der Waals surface area contributed by atoms with Gasteiger partial charge < -0.3 is 20.3 Å². The summed E-state index contributed by atoms with van der Waals surface area (Å²) in [6.45, 7) is 9.13. The van der Waals surface area contributed by atoms with Crippen molar-refractivity contribution in [2.75, 3.05) is 33.3 Å². The Morgan fingerprint density at radius 1 is 1.20 bits per heavy atom. The molecule has 6 heteroatoms. The molecule has 2 N–H and O–H groups in total. The van der Waals surface area contributed by atoms with Crippen LogP contribution in [-0.2, 0) is 9.59 Å². The molecule has 0 aliphatic carbocycles. The third-order valence-corrected chi connectivity index (χ3v) is 3.92. The molecule has 138 valence electrons. The summed E-state index contributed by atoms with van der Waals surface area (Å²) in [5, 5.41) is 5.50. The van der Waals surface area contributed by atoms with E-state index in [1.54, 1.807) is 20.1 Å². The molecule has 1 rings (SSSR count). The Hall–Kier alpha value is -2.34. The van der Waals surface area contributed by atoms with Crippen LogP contribution in [0.1, 0.15) is 26.3 Å². The van der Waals surface area contributed by atoms with Gasteiger partial charge in [-0.1, -0.05) is 26.0 Å². The van der Waals surface area contributed by atoms with Crippen LogP contribution in [0.3, 0.4) is 0 Å². The average Bonchev–Trinajstić information content (AvgIpc) is 2.63. The molecule has 0 radical (unpaired) electrons. The van der Waals surface area contributed by atoms with Crippen molar-refractivity contribution < 1.29 is 14.3 Å². The van der Waals surface area contributed by atoms with Crippen molar-refractivity contribution >= 4 is 17.9 Å². The van der Waals surface area contributed by atoms with E-state index in [0.717, 1.165) is 30.9 Å². The molecule has 0 fully saturated rings. The maximum absolute atomic E-state index is 12.0. The van der Waals surface area contributed by atoms with Gasteiger partial charge in [-0.05, 0) is 43.8 Å². The molecule has 0 aromatic heterocycles. The summed E-state index contributed by atoms with van der Waals surface area (Å²) in [6, 6.07) is 6.77. The van der Waals surface area contributed by atoms with E-state index in [0.29, 0.717) is 6.54 Å². The van der Waals surface area contributed by atoms with Gasteiger partial charge in [-0.25, -0.2) is 0 Å². The van der Waals surface area contributed by atoms with Gasteiger partial charge in [0.05, 0.1) is 7.11 Å². The SMILES string of the molecule is CCN(CC)CCNC(=O)C(C)NC(=O)/C=C/c1ccc(OC)cc1. The normalized spacial score (nSPS) is 12.2. The van der Waals surface area contributed by atoms with Crippen LogP contribution in [0.2, 0.25) is 0 Å². The lowest BCUT2D eigenvalue weighted by Crippen LogP contribution is -2.46. The van der Waals surface area contributed by atoms with Crippen LogP contribution in [0.4, 0.5) is 0 Å². The molecular weight excluding hydrogens is 318 g/mol. The van der Waals surface area contributed by atoms with E-state index >= 15 is 0 Å². The fourth-order valence-electron chi connectivity index (χ4n) is 2.24. The molecule has 1 aromatic rings. The van der Waals surface area contributed by atoms with Crippen LogP contribution in [0.25, 0.3) is 6.08 Å². The number of carbonyl (C=O) groups is 2. The second-order valence-corrected chi connectivity index (χ2v) is 5.65. The lowest BCUT2D eigenvalue weighted by molar-refractivity contribution is -0.126. The van der Waals surface area contributed by atoms with E-state index in [9.17, 15) is 9.59 Å². The minimum atomic E-state index is -0.579. The Kier molecular flexibility index (Phi) is 9.32. The Bertz CT molecular complexity index is 566. The van der Waals surface area contributed by atoms with Crippen LogP contribution in [-0.4, -0.2) is 56.0 Å². The van der Waals surface area contributed by atoms with Crippen molar-refractivity contribution in [2.45, 2.75) is 26.8 Å². The van der Waals surface area contributed by atoms with E-state index in [2.05, 4.69) is 29.4 Å². The average molecular weight is 347 g/mol. The molecule has 2 amide bonds. The molecule has 0 heterocycles.